The lowest BCUT2D eigenvalue weighted by atomic mass is 9.84. The van der Waals surface area contributed by atoms with Crippen LogP contribution in [0.3, 0.4) is 0 Å². The maximum absolute atomic E-state index is 14.3. The van der Waals surface area contributed by atoms with Crippen molar-refractivity contribution in [2.24, 2.45) is 0 Å². The van der Waals surface area contributed by atoms with E-state index in [0.717, 1.165) is 31.5 Å². The summed E-state index contributed by atoms with van der Waals surface area (Å²) in [5.41, 5.74) is 3.57. The Labute approximate surface area is 141 Å². The van der Waals surface area contributed by atoms with Crippen LogP contribution in [0.1, 0.15) is 34.8 Å². The van der Waals surface area contributed by atoms with Crippen LogP contribution in [0.5, 0.6) is 0 Å². The molecule has 2 aromatic carbocycles. The van der Waals surface area contributed by atoms with E-state index in [1.165, 1.54) is 11.1 Å². The predicted molar refractivity (Wildman–Crippen MR) is 95.7 cm³/mol. The summed E-state index contributed by atoms with van der Waals surface area (Å²) >= 11 is 1.97. The van der Waals surface area contributed by atoms with Crippen LogP contribution in [0.15, 0.2) is 48.5 Å². The zero-order chi connectivity index (χ0) is 15.2. The quantitative estimate of drug-likeness (QED) is 0.820. The van der Waals surface area contributed by atoms with Gasteiger partial charge in [-0.25, -0.2) is 4.39 Å². The molecule has 2 aliphatic heterocycles. The monoisotopic (exact) mass is 330 g/mol. The number of rotatable bonds is 1. The molecule has 1 atom stereocenters. The Balaban J connectivity index is 0.00000156. The molecule has 1 unspecified atom stereocenters. The van der Waals surface area contributed by atoms with Gasteiger partial charge in [-0.15, -0.1) is 11.8 Å². The molecular formula is C19H23FN2S. The molecular weight excluding hydrogens is 307 g/mol. The van der Waals surface area contributed by atoms with Gasteiger partial charge >= 0.3 is 0 Å². The van der Waals surface area contributed by atoms with E-state index < -0.39 is 0 Å². The van der Waals surface area contributed by atoms with Crippen LogP contribution < -0.4 is 6.15 Å². The van der Waals surface area contributed by atoms with E-state index in [9.17, 15) is 4.39 Å². The Kier molecular flexibility index (Phi) is 4.50. The topological polar surface area (TPSA) is 38.2 Å². The molecule has 0 saturated carbocycles. The Morgan fingerprint density at radius 2 is 1.61 bits per heavy atom. The van der Waals surface area contributed by atoms with Crippen molar-refractivity contribution in [3.05, 3.63) is 71.0 Å². The molecule has 0 radical (unpaired) electrons. The van der Waals surface area contributed by atoms with Crippen LogP contribution >= 0.6 is 11.8 Å². The summed E-state index contributed by atoms with van der Waals surface area (Å²) < 4.78 is 14.5. The fourth-order valence-electron chi connectivity index (χ4n) is 3.78. The standard InChI is InChI=1S/C19H20FNS.H3N/c1-21-12-10-19(11-13-21)16-8-4-2-6-14(16)18(22-19)15-7-3-5-9-17(15)20;/h2-9,18H,10-13H2,1H3;1H3. The molecule has 0 bridgehead atoms. The van der Waals surface area contributed by atoms with Crippen LogP contribution in [-0.2, 0) is 4.75 Å². The van der Waals surface area contributed by atoms with Gasteiger partial charge in [0.25, 0.3) is 0 Å². The summed E-state index contributed by atoms with van der Waals surface area (Å²) in [6.07, 6.45) is 2.30. The van der Waals surface area contributed by atoms with Gasteiger partial charge in [-0.2, -0.15) is 0 Å². The number of nitrogens with zero attached hydrogens (tertiary/aromatic N) is 1. The highest BCUT2D eigenvalue weighted by atomic mass is 32.2. The number of fused-ring (bicyclic) bond motifs is 2. The zero-order valence-corrected chi connectivity index (χ0v) is 14.3. The van der Waals surface area contributed by atoms with Crippen molar-refractivity contribution in [1.29, 1.82) is 0 Å². The zero-order valence-electron chi connectivity index (χ0n) is 13.5. The molecule has 2 aliphatic rings. The van der Waals surface area contributed by atoms with Crippen LogP contribution in [0.25, 0.3) is 0 Å². The molecule has 0 aromatic heterocycles. The lowest BCUT2D eigenvalue weighted by Crippen LogP contribution is -2.37. The number of halogens is 1. The average Bonchev–Trinajstić information content (AvgIpc) is 2.86. The summed E-state index contributed by atoms with van der Waals surface area (Å²) in [5, 5.41) is 0.126. The minimum absolute atomic E-state index is 0. The third kappa shape index (κ3) is 2.69. The molecule has 1 spiro atoms. The first-order valence-electron chi connectivity index (χ1n) is 7.90. The van der Waals surface area contributed by atoms with Crippen LogP contribution in [0.2, 0.25) is 0 Å². The second kappa shape index (κ2) is 6.27. The Hall–Kier alpha value is -1.36. The molecule has 2 heterocycles. The van der Waals surface area contributed by atoms with Crippen molar-refractivity contribution < 1.29 is 4.39 Å². The fraction of sp³-hybridized carbons (Fsp3) is 0.368. The predicted octanol–water partition coefficient (Wildman–Crippen LogP) is 4.74. The molecule has 1 saturated heterocycles. The lowest BCUT2D eigenvalue weighted by molar-refractivity contribution is 0.241. The lowest BCUT2D eigenvalue weighted by Gasteiger charge is -2.38. The van der Waals surface area contributed by atoms with Crippen molar-refractivity contribution in [1.82, 2.24) is 11.1 Å². The van der Waals surface area contributed by atoms with Crippen LogP contribution in [0, 0.1) is 5.82 Å². The van der Waals surface area contributed by atoms with Gasteiger partial charge in [0, 0.05) is 10.3 Å². The van der Waals surface area contributed by atoms with Gasteiger partial charge < -0.3 is 11.1 Å². The molecule has 4 rings (SSSR count). The van der Waals surface area contributed by atoms with E-state index >= 15 is 0 Å². The summed E-state index contributed by atoms with van der Waals surface area (Å²) in [6.45, 7) is 2.23. The largest absolute Gasteiger partial charge is 0.344 e. The molecule has 122 valence electrons. The maximum atomic E-state index is 14.3. The second-order valence-electron chi connectivity index (χ2n) is 6.40. The van der Waals surface area contributed by atoms with Gasteiger partial charge in [-0.3, -0.25) is 0 Å². The minimum Gasteiger partial charge on any atom is -0.344 e. The van der Waals surface area contributed by atoms with E-state index in [4.69, 9.17) is 0 Å². The number of hydrogen-bond acceptors (Lipinski definition) is 3. The highest BCUT2D eigenvalue weighted by molar-refractivity contribution is 8.01. The second-order valence-corrected chi connectivity index (χ2v) is 7.89. The average molecular weight is 330 g/mol. The van der Waals surface area contributed by atoms with Gasteiger partial charge in [-0.05, 0) is 50.2 Å². The Bertz CT molecular complexity index is 695. The minimum atomic E-state index is -0.0835. The van der Waals surface area contributed by atoms with Crippen molar-refractivity contribution in [2.75, 3.05) is 20.1 Å². The van der Waals surface area contributed by atoms with Gasteiger partial charge in [0.15, 0.2) is 0 Å². The normalized spacial score (nSPS) is 22.6. The number of thioether (sulfide) groups is 1. The molecule has 2 aromatic rings. The molecule has 4 heteroatoms. The number of likely N-dealkylation sites (tertiary alicyclic amines) is 1. The smallest absolute Gasteiger partial charge is 0.127 e. The van der Waals surface area contributed by atoms with Crippen molar-refractivity contribution >= 4 is 11.8 Å². The third-order valence-electron chi connectivity index (χ3n) is 5.06. The Morgan fingerprint density at radius 1 is 1.00 bits per heavy atom. The molecule has 1 fully saturated rings. The van der Waals surface area contributed by atoms with E-state index in [2.05, 4.69) is 36.2 Å². The fourth-order valence-corrected chi connectivity index (χ4v) is 5.61. The molecule has 0 amide bonds. The van der Waals surface area contributed by atoms with Crippen molar-refractivity contribution in [2.45, 2.75) is 22.8 Å². The summed E-state index contributed by atoms with van der Waals surface area (Å²) in [5.74, 6) is -0.0835. The first-order valence-corrected chi connectivity index (χ1v) is 8.78. The van der Waals surface area contributed by atoms with Gasteiger partial charge in [0.1, 0.15) is 5.82 Å². The summed E-state index contributed by atoms with van der Waals surface area (Å²) in [6, 6.07) is 15.9. The summed E-state index contributed by atoms with van der Waals surface area (Å²) in [7, 11) is 2.19. The number of piperidine rings is 1. The van der Waals surface area contributed by atoms with E-state index in [1.807, 2.05) is 23.9 Å². The first kappa shape index (κ1) is 16.5. The van der Waals surface area contributed by atoms with Crippen molar-refractivity contribution in [3.63, 3.8) is 0 Å². The molecule has 2 nitrogen and oxygen atoms in total. The van der Waals surface area contributed by atoms with Gasteiger partial charge in [-0.1, -0.05) is 42.5 Å². The van der Waals surface area contributed by atoms with Crippen LogP contribution in [0.4, 0.5) is 4.39 Å². The maximum Gasteiger partial charge on any atom is 0.127 e. The highest BCUT2D eigenvalue weighted by Gasteiger charge is 2.46. The van der Waals surface area contributed by atoms with E-state index in [1.54, 1.807) is 12.1 Å². The Morgan fingerprint density at radius 3 is 2.30 bits per heavy atom. The molecule has 3 N–H and O–H groups in total. The number of benzene rings is 2. The van der Waals surface area contributed by atoms with Crippen molar-refractivity contribution in [3.8, 4) is 0 Å². The molecule has 0 aliphatic carbocycles. The first-order chi connectivity index (χ1) is 10.7. The molecule has 23 heavy (non-hydrogen) atoms. The number of hydrogen-bond donors (Lipinski definition) is 1. The summed E-state index contributed by atoms with van der Waals surface area (Å²) in [4.78, 5) is 2.39. The van der Waals surface area contributed by atoms with E-state index in [0.29, 0.717) is 0 Å². The van der Waals surface area contributed by atoms with Gasteiger partial charge in [0.05, 0.1) is 5.25 Å². The SMILES string of the molecule is CN1CCC2(CC1)SC(c1ccccc1F)c1ccccc12.N. The highest BCUT2D eigenvalue weighted by Crippen LogP contribution is 2.61. The van der Waals surface area contributed by atoms with E-state index in [-0.39, 0.29) is 22.0 Å². The van der Waals surface area contributed by atoms with Gasteiger partial charge in [0.2, 0.25) is 0 Å². The van der Waals surface area contributed by atoms with Crippen LogP contribution in [-0.4, -0.2) is 25.0 Å². The third-order valence-corrected chi connectivity index (χ3v) is 6.88.